The zero-order chi connectivity index (χ0) is 12.9. The van der Waals surface area contributed by atoms with Gasteiger partial charge in [0.25, 0.3) is 0 Å². The molecule has 2 heterocycles. The van der Waals surface area contributed by atoms with E-state index in [0.29, 0.717) is 6.04 Å². The molecule has 0 unspecified atom stereocenters. The van der Waals surface area contributed by atoms with Crippen LogP contribution >= 0.6 is 0 Å². The van der Waals surface area contributed by atoms with Gasteiger partial charge in [0.2, 0.25) is 5.95 Å². The first-order valence-corrected chi connectivity index (χ1v) is 7.70. The van der Waals surface area contributed by atoms with Crippen molar-refractivity contribution in [3.05, 3.63) is 18.5 Å². The fourth-order valence-electron chi connectivity index (χ4n) is 3.35. The van der Waals surface area contributed by atoms with Gasteiger partial charge < -0.3 is 10.2 Å². The van der Waals surface area contributed by atoms with E-state index in [1.807, 2.05) is 18.5 Å². The Morgan fingerprint density at radius 1 is 0.947 bits per heavy atom. The smallest absolute Gasteiger partial charge is 0.225 e. The van der Waals surface area contributed by atoms with Gasteiger partial charge in [-0.05, 0) is 31.7 Å². The molecule has 104 valence electrons. The van der Waals surface area contributed by atoms with Crippen LogP contribution in [0.2, 0.25) is 0 Å². The van der Waals surface area contributed by atoms with Crippen molar-refractivity contribution >= 4 is 5.95 Å². The van der Waals surface area contributed by atoms with Crippen molar-refractivity contribution < 1.29 is 0 Å². The minimum atomic E-state index is 0.612. The highest BCUT2D eigenvalue weighted by Crippen LogP contribution is 2.21. The quantitative estimate of drug-likeness (QED) is 0.906. The van der Waals surface area contributed by atoms with Crippen molar-refractivity contribution in [1.82, 2.24) is 15.3 Å². The van der Waals surface area contributed by atoms with Gasteiger partial charge in [0, 0.05) is 37.6 Å². The molecule has 1 aliphatic heterocycles. The summed E-state index contributed by atoms with van der Waals surface area (Å²) in [6.07, 6.45) is 13.1. The number of piperidine rings is 1. The van der Waals surface area contributed by atoms with E-state index in [0.717, 1.165) is 25.1 Å². The molecule has 0 amide bonds. The molecule has 0 radical (unpaired) electrons. The van der Waals surface area contributed by atoms with E-state index in [9.17, 15) is 0 Å². The Labute approximate surface area is 115 Å². The minimum absolute atomic E-state index is 0.612. The van der Waals surface area contributed by atoms with E-state index < -0.39 is 0 Å². The molecular weight excluding hydrogens is 236 g/mol. The average molecular weight is 260 g/mol. The molecule has 1 atom stereocenters. The highest BCUT2D eigenvalue weighted by atomic mass is 15.3. The number of anilines is 1. The second-order valence-corrected chi connectivity index (χ2v) is 5.84. The molecule has 4 nitrogen and oxygen atoms in total. The molecule has 1 aliphatic carbocycles. The fraction of sp³-hybridized carbons (Fsp3) is 0.733. The van der Waals surface area contributed by atoms with E-state index in [-0.39, 0.29) is 0 Å². The Morgan fingerprint density at radius 3 is 2.47 bits per heavy atom. The zero-order valence-corrected chi connectivity index (χ0v) is 11.6. The molecule has 19 heavy (non-hydrogen) atoms. The maximum Gasteiger partial charge on any atom is 0.225 e. The second kappa shape index (κ2) is 6.33. The van der Waals surface area contributed by atoms with Gasteiger partial charge in [0.1, 0.15) is 0 Å². The molecule has 1 saturated heterocycles. The van der Waals surface area contributed by atoms with Gasteiger partial charge in [-0.25, -0.2) is 9.97 Å². The Kier molecular flexibility index (Phi) is 4.28. The van der Waals surface area contributed by atoms with E-state index in [1.54, 1.807) is 0 Å². The molecule has 4 heteroatoms. The Bertz CT molecular complexity index is 375. The van der Waals surface area contributed by atoms with Crippen LogP contribution in [0.4, 0.5) is 5.95 Å². The fourth-order valence-corrected chi connectivity index (χ4v) is 3.35. The van der Waals surface area contributed by atoms with Crippen LogP contribution in [0.15, 0.2) is 18.5 Å². The van der Waals surface area contributed by atoms with Crippen LogP contribution in [0.25, 0.3) is 0 Å². The van der Waals surface area contributed by atoms with E-state index in [4.69, 9.17) is 0 Å². The molecule has 0 spiro atoms. The van der Waals surface area contributed by atoms with Gasteiger partial charge in [-0.3, -0.25) is 0 Å². The van der Waals surface area contributed by atoms with Crippen LogP contribution in [0.1, 0.15) is 44.9 Å². The molecule has 1 aromatic heterocycles. The van der Waals surface area contributed by atoms with Crippen LogP contribution in [-0.2, 0) is 0 Å². The third-order valence-electron chi connectivity index (χ3n) is 4.33. The Balaban J connectivity index is 1.55. The lowest BCUT2D eigenvalue weighted by atomic mass is 9.94. The zero-order valence-electron chi connectivity index (χ0n) is 11.6. The van der Waals surface area contributed by atoms with Crippen LogP contribution in [-0.4, -0.2) is 35.1 Å². The molecule has 2 aliphatic rings. The Hall–Kier alpha value is -1.16. The highest BCUT2D eigenvalue weighted by molar-refractivity contribution is 5.29. The molecule has 1 saturated carbocycles. The summed E-state index contributed by atoms with van der Waals surface area (Å²) in [5.74, 6) is 0.887. The van der Waals surface area contributed by atoms with Gasteiger partial charge in [-0.1, -0.05) is 19.3 Å². The van der Waals surface area contributed by atoms with Crippen LogP contribution in [0.3, 0.4) is 0 Å². The van der Waals surface area contributed by atoms with Gasteiger partial charge >= 0.3 is 0 Å². The minimum Gasteiger partial charge on any atom is -0.339 e. The first kappa shape index (κ1) is 12.9. The SMILES string of the molecule is c1cnc(N2CCC[C@@H](NC3CCCCC3)C2)nc1. The third-order valence-corrected chi connectivity index (χ3v) is 4.33. The third kappa shape index (κ3) is 3.44. The van der Waals surface area contributed by atoms with Gasteiger partial charge in [-0.2, -0.15) is 0 Å². The van der Waals surface area contributed by atoms with Crippen LogP contribution < -0.4 is 10.2 Å². The number of rotatable bonds is 3. The molecular formula is C15H24N4. The number of nitrogens with one attached hydrogen (secondary N) is 1. The van der Waals surface area contributed by atoms with Gasteiger partial charge in [-0.15, -0.1) is 0 Å². The first-order valence-electron chi connectivity index (χ1n) is 7.70. The second-order valence-electron chi connectivity index (χ2n) is 5.84. The summed E-state index contributed by atoms with van der Waals surface area (Å²) in [7, 11) is 0. The molecule has 1 N–H and O–H groups in total. The highest BCUT2D eigenvalue weighted by Gasteiger charge is 2.24. The molecule has 3 rings (SSSR count). The van der Waals surface area contributed by atoms with Crippen molar-refractivity contribution in [2.75, 3.05) is 18.0 Å². The summed E-state index contributed by atoms with van der Waals surface area (Å²) >= 11 is 0. The number of nitrogens with zero attached hydrogens (tertiary/aromatic N) is 3. The number of hydrogen-bond acceptors (Lipinski definition) is 4. The molecule has 0 bridgehead atoms. The van der Waals surface area contributed by atoms with E-state index >= 15 is 0 Å². The van der Waals surface area contributed by atoms with E-state index in [2.05, 4.69) is 20.2 Å². The number of hydrogen-bond donors (Lipinski definition) is 1. The van der Waals surface area contributed by atoms with Crippen molar-refractivity contribution in [2.24, 2.45) is 0 Å². The van der Waals surface area contributed by atoms with Gasteiger partial charge in [0.15, 0.2) is 0 Å². The normalized spacial score (nSPS) is 25.5. The largest absolute Gasteiger partial charge is 0.339 e. The summed E-state index contributed by atoms with van der Waals surface area (Å²) in [4.78, 5) is 11.1. The predicted molar refractivity (Wildman–Crippen MR) is 77.3 cm³/mol. The lowest BCUT2D eigenvalue weighted by Gasteiger charge is -2.36. The van der Waals surface area contributed by atoms with Crippen LogP contribution in [0.5, 0.6) is 0 Å². The van der Waals surface area contributed by atoms with Crippen molar-refractivity contribution in [3.63, 3.8) is 0 Å². The van der Waals surface area contributed by atoms with Gasteiger partial charge in [0.05, 0.1) is 0 Å². The summed E-state index contributed by atoms with van der Waals surface area (Å²) in [6, 6.07) is 3.24. The summed E-state index contributed by atoms with van der Waals surface area (Å²) < 4.78 is 0. The lowest BCUT2D eigenvalue weighted by molar-refractivity contribution is 0.311. The molecule has 2 fully saturated rings. The first-order chi connectivity index (χ1) is 9.42. The molecule has 0 aromatic carbocycles. The summed E-state index contributed by atoms with van der Waals surface area (Å²) in [5, 5.41) is 3.86. The predicted octanol–water partition coefficient (Wildman–Crippen LogP) is 2.37. The summed E-state index contributed by atoms with van der Waals surface area (Å²) in [5.41, 5.74) is 0. The monoisotopic (exact) mass is 260 g/mol. The number of aromatic nitrogens is 2. The standard InChI is InChI=1S/C15H24N4/c1-2-6-13(7-3-1)18-14-8-4-11-19(12-14)15-16-9-5-10-17-15/h5,9-10,13-14,18H,1-4,6-8,11-12H2/t14-/m1/s1. The maximum atomic E-state index is 4.37. The van der Waals surface area contributed by atoms with Crippen molar-refractivity contribution in [3.8, 4) is 0 Å². The van der Waals surface area contributed by atoms with Crippen LogP contribution in [0, 0.1) is 0 Å². The van der Waals surface area contributed by atoms with E-state index in [1.165, 1.54) is 44.9 Å². The average Bonchev–Trinajstić information content (AvgIpc) is 2.49. The molecule has 1 aromatic rings. The van der Waals surface area contributed by atoms with Crippen molar-refractivity contribution in [1.29, 1.82) is 0 Å². The lowest BCUT2D eigenvalue weighted by Crippen LogP contribution is -2.50. The van der Waals surface area contributed by atoms with Crippen molar-refractivity contribution in [2.45, 2.75) is 57.0 Å². The summed E-state index contributed by atoms with van der Waals surface area (Å²) in [6.45, 7) is 2.15. The maximum absolute atomic E-state index is 4.37. The topological polar surface area (TPSA) is 41.1 Å². The Morgan fingerprint density at radius 2 is 1.68 bits per heavy atom.